The molecule has 0 fully saturated rings. The Morgan fingerprint density at radius 1 is 0.939 bits per heavy atom. The number of benzene rings is 2. The number of ether oxygens (including phenoxy) is 1. The van der Waals surface area contributed by atoms with Crippen molar-refractivity contribution < 1.29 is 23.9 Å². The molecule has 0 aliphatic carbocycles. The minimum atomic E-state index is -0.745. The maximum absolute atomic E-state index is 13.4. The molecule has 1 aromatic heterocycles. The van der Waals surface area contributed by atoms with Crippen molar-refractivity contribution in [3.8, 4) is 0 Å². The Hall–Kier alpha value is -4.07. The molecule has 0 spiro atoms. The number of carbonyl (C=O) groups excluding carboxylic acids is 4. The van der Waals surface area contributed by atoms with Gasteiger partial charge in [0, 0.05) is 17.0 Å². The molecule has 0 bridgehead atoms. The lowest BCUT2D eigenvalue weighted by Gasteiger charge is -2.27. The monoisotopic (exact) mass is 445 g/mol. The van der Waals surface area contributed by atoms with Gasteiger partial charge < -0.3 is 4.74 Å². The molecule has 3 amide bonds. The number of imide groups is 1. The third-order valence-corrected chi connectivity index (χ3v) is 5.12. The molecule has 0 atom stereocenters. The molecule has 0 N–H and O–H groups in total. The van der Waals surface area contributed by atoms with Gasteiger partial charge in [0.1, 0.15) is 18.7 Å². The summed E-state index contributed by atoms with van der Waals surface area (Å²) in [5.74, 6) is -2.31. The van der Waals surface area contributed by atoms with Gasteiger partial charge in [-0.15, -0.1) is 0 Å². The fourth-order valence-electron chi connectivity index (χ4n) is 3.73. The second-order valence-electron chi connectivity index (χ2n) is 8.69. The Bertz CT molecular complexity index is 1240. The minimum absolute atomic E-state index is 0.251. The van der Waals surface area contributed by atoms with Crippen LogP contribution in [-0.4, -0.2) is 52.3 Å². The summed E-state index contributed by atoms with van der Waals surface area (Å²) < 4.78 is 5.41. The summed E-state index contributed by atoms with van der Waals surface area (Å²) >= 11 is 0. The average Bonchev–Trinajstić information content (AvgIpc) is 3.01. The van der Waals surface area contributed by atoms with Crippen molar-refractivity contribution >= 4 is 40.2 Å². The van der Waals surface area contributed by atoms with E-state index >= 15 is 0 Å². The van der Waals surface area contributed by atoms with Crippen LogP contribution < -0.4 is 4.90 Å². The van der Waals surface area contributed by atoms with Gasteiger partial charge in [-0.25, -0.2) is 0 Å². The molecule has 8 heteroatoms. The van der Waals surface area contributed by atoms with Crippen molar-refractivity contribution in [2.75, 3.05) is 18.0 Å². The molecule has 168 valence electrons. The maximum Gasteiger partial charge on any atom is 0.326 e. The zero-order valence-electron chi connectivity index (χ0n) is 18.6. The highest BCUT2D eigenvalue weighted by atomic mass is 16.6. The highest BCUT2D eigenvalue weighted by molar-refractivity contribution is 6.23. The van der Waals surface area contributed by atoms with E-state index in [1.807, 2.05) is 24.3 Å². The van der Waals surface area contributed by atoms with E-state index in [1.165, 1.54) is 11.1 Å². The third-order valence-electron chi connectivity index (χ3n) is 5.12. The molecular formula is C25H23N3O5. The largest absolute Gasteiger partial charge is 0.459 e. The van der Waals surface area contributed by atoms with Gasteiger partial charge in [0.15, 0.2) is 0 Å². The predicted octanol–water partition coefficient (Wildman–Crippen LogP) is 3.21. The SMILES string of the molecule is CC(C)(C)OC(=O)CN(C(=O)CN1C(=O)c2ccccc2C1=O)c1cncc2ccccc12. The molecule has 1 aliphatic heterocycles. The molecule has 0 saturated heterocycles. The van der Waals surface area contributed by atoms with Gasteiger partial charge in [0.05, 0.1) is 23.0 Å². The quantitative estimate of drug-likeness (QED) is 0.442. The van der Waals surface area contributed by atoms with Crippen molar-refractivity contribution in [3.05, 3.63) is 72.1 Å². The van der Waals surface area contributed by atoms with E-state index in [0.29, 0.717) is 11.1 Å². The molecule has 0 radical (unpaired) electrons. The summed E-state index contributed by atoms with van der Waals surface area (Å²) in [5.41, 5.74) is 0.146. The van der Waals surface area contributed by atoms with E-state index < -0.39 is 42.4 Å². The summed E-state index contributed by atoms with van der Waals surface area (Å²) in [6, 6.07) is 13.7. The van der Waals surface area contributed by atoms with Crippen LogP contribution in [0.4, 0.5) is 5.69 Å². The van der Waals surface area contributed by atoms with Gasteiger partial charge in [-0.1, -0.05) is 36.4 Å². The summed E-state index contributed by atoms with van der Waals surface area (Å²) in [7, 11) is 0. The van der Waals surface area contributed by atoms with Gasteiger partial charge in [-0.2, -0.15) is 0 Å². The molecule has 2 heterocycles. The van der Waals surface area contributed by atoms with E-state index in [9.17, 15) is 19.2 Å². The van der Waals surface area contributed by atoms with Gasteiger partial charge in [-0.05, 0) is 32.9 Å². The molecule has 1 aliphatic rings. The van der Waals surface area contributed by atoms with Crippen molar-refractivity contribution in [2.45, 2.75) is 26.4 Å². The van der Waals surface area contributed by atoms with Crippen molar-refractivity contribution in [2.24, 2.45) is 0 Å². The Morgan fingerprint density at radius 2 is 1.55 bits per heavy atom. The van der Waals surface area contributed by atoms with Crippen LogP contribution in [0.5, 0.6) is 0 Å². The fourth-order valence-corrected chi connectivity index (χ4v) is 3.73. The van der Waals surface area contributed by atoms with E-state index in [1.54, 1.807) is 51.2 Å². The van der Waals surface area contributed by atoms with E-state index in [2.05, 4.69) is 4.98 Å². The van der Waals surface area contributed by atoms with Crippen molar-refractivity contribution in [3.63, 3.8) is 0 Å². The van der Waals surface area contributed by atoms with Gasteiger partial charge in [0.25, 0.3) is 11.8 Å². The van der Waals surface area contributed by atoms with Crippen LogP contribution in [0.3, 0.4) is 0 Å². The number of pyridine rings is 1. The Labute approximate surface area is 190 Å². The zero-order valence-corrected chi connectivity index (χ0v) is 18.6. The number of fused-ring (bicyclic) bond motifs is 2. The molecule has 0 saturated carbocycles. The normalized spacial score (nSPS) is 13.2. The average molecular weight is 445 g/mol. The first kappa shape index (κ1) is 22.1. The van der Waals surface area contributed by atoms with E-state index in [4.69, 9.17) is 4.74 Å². The summed E-state index contributed by atoms with van der Waals surface area (Å²) in [6.07, 6.45) is 3.13. The first-order chi connectivity index (χ1) is 15.7. The lowest BCUT2D eigenvalue weighted by molar-refractivity contribution is -0.153. The topological polar surface area (TPSA) is 96.9 Å². The van der Waals surface area contributed by atoms with Crippen LogP contribution in [0.1, 0.15) is 41.5 Å². The number of esters is 1. The number of hydrogen-bond acceptors (Lipinski definition) is 6. The van der Waals surface area contributed by atoms with Crippen LogP contribution in [-0.2, 0) is 14.3 Å². The first-order valence-electron chi connectivity index (χ1n) is 10.5. The molecule has 33 heavy (non-hydrogen) atoms. The fraction of sp³-hybridized carbons (Fsp3) is 0.240. The lowest BCUT2D eigenvalue weighted by Crippen LogP contribution is -2.45. The van der Waals surface area contributed by atoms with Crippen molar-refractivity contribution in [1.29, 1.82) is 0 Å². The van der Waals surface area contributed by atoms with Crippen LogP contribution in [0.15, 0.2) is 60.9 Å². The Balaban J connectivity index is 1.67. The van der Waals surface area contributed by atoms with Gasteiger partial charge in [0.2, 0.25) is 5.91 Å². The van der Waals surface area contributed by atoms with Gasteiger partial charge >= 0.3 is 5.97 Å². The number of nitrogens with zero attached hydrogens (tertiary/aromatic N) is 3. The highest BCUT2D eigenvalue weighted by Crippen LogP contribution is 2.27. The predicted molar refractivity (Wildman–Crippen MR) is 122 cm³/mol. The number of hydrogen-bond donors (Lipinski definition) is 0. The highest BCUT2D eigenvalue weighted by Gasteiger charge is 2.38. The van der Waals surface area contributed by atoms with Crippen LogP contribution in [0, 0.1) is 0 Å². The Morgan fingerprint density at radius 3 is 2.18 bits per heavy atom. The zero-order chi connectivity index (χ0) is 23.8. The Kier molecular flexibility index (Phi) is 5.68. The standard InChI is InChI=1S/C25H23N3O5/c1-25(2,3)33-22(30)15-27(20-13-26-12-16-8-4-5-9-17(16)20)21(29)14-28-23(31)18-10-6-7-11-19(18)24(28)32/h4-13H,14-15H2,1-3H3. The lowest BCUT2D eigenvalue weighted by atomic mass is 10.1. The second-order valence-corrected chi connectivity index (χ2v) is 8.69. The summed E-state index contributed by atoms with van der Waals surface area (Å²) in [4.78, 5) is 57.9. The van der Waals surface area contributed by atoms with Crippen LogP contribution >= 0.6 is 0 Å². The van der Waals surface area contributed by atoms with Gasteiger partial charge in [-0.3, -0.25) is 34.0 Å². The van der Waals surface area contributed by atoms with Crippen LogP contribution in [0.25, 0.3) is 10.8 Å². The van der Waals surface area contributed by atoms with Crippen LogP contribution in [0.2, 0.25) is 0 Å². The smallest absolute Gasteiger partial charge is 0.326 e. The van der Waals surface area contributed by atoms with E-state index in [-0.39, 0.29) is 11.1 Å². The number of carbonyl (C=O) groups is 4. The summed E-state index contributed by atoms with van der Waals surface area (Å²) in [5, 5.41) is 1.48. The second kappa shape index (κ2) is 8.46. The molecule has 2 aromatic carbocycles. The molecule has 0 unspecified atom stereocenters. The number of anilines is 1. The number of aromatic nitrogens is 1. The molecular weight excluding hydrogens is 422 g/mol. The minimum Gasteiger partial charge on any atom is -0.459 e. The van der Waals surface area contributed by atoms with Crippen molar-refractivity contribution in [1.82, 2.24) is 9.88 Å². The third kappa shape index (κ3) is 4.45. The molecule has 8 nitrogen and oxygen atoms in total. The number of rotatable bonds is 5. The molecule has 3 aromatic rings. The van der Waals surface area contributed by atoms with E-state index in [0.717, 1.165) is 10.3 Å². The number of amides is 3. The maximum atomic E-state index is 13.4. The summed E-state index contributed by atoms with van der Waals surface area (Å²) in [6.45, 7) is 4.29. The first-order valence-corrected chi connectivity index (χ1v) is 10.5. The molecule has 4 rings (SSSR count).